The topological polar surface area (TPSA) is 69.6 Å². The van der Waals surface area contributed by atoms with Crippen LogP contribution in [0.3, 0.4) is 0 Å². The van der Waals surface area contributed by atoms with Crippen LogP contribution in [0.1, 0.15) is 22.8 Å². The fourth-order valence-electron chi connectivity index (χ4n) is 1.66. The molecular formula is C15H17FN2O3. The van der Waals surface area contributed by atoms with Gasteiger partial charge in [-0.2, -0.15) is 0 Å². The lowest BCUT2D eigenvalue weighted by molar-refractivity contribution is -0.121. The van der Waals surface area contributed by atoms with Gasteiger partial charge in [-0.05, 0) is 25.1 Å². The van der Waals surface area contributed by atoms with Crippen LogP contribution in [0.5, 0.6) is 0 Å². The number of benzene rings is 1. The molecule has 0 atom stereocenters. The molecule has 0 heterocycles. The molecule has 112 valence electrons. The summed E-state index contributed by atoms with van der Waals surface area (Å²) < 4.78 is 13.8. The van der Waals surface area contributed by atoms with E-state index in [2.05, 4.69) is 17.2 Å². The molecule has 0 fully saturated rings. The molecule has 6 heteroatoms. The van der Waals surface area contributed by atoms with Crippen LogP contribution in [-0.4, -0.2) is 48.6 Å². The molecule has 0 aliphatic heterocycles. The highest BCUT2D eigenvalue weighted by molar-refractivity contribution is 5.97. The number of likely N-dealkylation sites (N-methyl/N-ethyl adjacent to an activating group) is 2. The molecule has 0 unspecified atom stereocenters. The lowest BCUT2D eigenvalue weighted by Crippen LogP contribution is -2.39. The summed E-state index contributed by atoms with van der Waals surface area (Å²) in [5, 5.41) is 11.1. The van der Waals surface area contributed by atoms with Crippen molar-refractivity contribution in [3.8, 4) is 11.8 Å². The number of halogens is 1. The van der Waals surface area contributed by atoms with E-state index in [1.165, 1.54) is 24.1 Å². The van der Waals surface area contributed by atoms with E-state index in [0.29, 0.717) is 5.56 Å². The number of hydrogen-bond donors (Lipinski definition) is 2. The van der Waals surface area contributed by atoms with E-state index >= 15 is 0 Å². The van der Waals surface area contributed by atoms with Gasteiger partial charge in [-0.25, -0.2) is 4.39 Å². The Morgan fingerprint density at radius 1 is 1.43 bits per heavy atom. The minimum absolute atomic E-state index is 0.141. The van der Waals surface area contributed by atoms with Gasteiger partial charge < -0.3 is 15.3 Å². The highest BCUT2D eigenvalue weighted by atomic mass is 19.1. The summed E-state index contributed by atoms with van der Waals surface area (Å²) >= 11 is 0. The van der Waals surface area contributed by atoms with Gasteiger partial charge in [0, 0.05) is 19.2 Å². The Balaban J connectivity index is 3.06. The molecule has 0 aromatic heterocycles. The first-order valence-electron chi connectivity index (χ1n) is 6.42. The van der Waals surface area contributed by atoms with E-state index in [-0.39, 0.29) is 31.2 Å². The maximum absolute atomic E-state index is 13.8. The number of aliphatic hydroxyl groups excluding tert-OH is 1. The van der Waals surface area contributed by atoms with E-state index in [0.717, 1.165) is 6.07 Å². The molecule has 0 saturated carbocycles. The summed E-state index contributed by atoms with van der Waals surface area (Å²) in [6.45, 7) is 1.52. The lowest BCUT2D eigenvalue weighted by Gasteiger charge is -2.20. The fraction of sp³-hybridized carbons (Fsp3) is 0.333. The SMILES string of the molecule is CCN(CC(=O)NC)C(=O)c1cc(C#CCO)ccc1F. The van der Waals surface area contributed by atoms with E-state index < -0.39 is 11.7 Å². The number of rotatable bonds is 4. The van der Waals surface area contributed by atoms with Crippen molar-refractivity contribution in [2.24, 2.45) is 0 Å². The van der Waals surface area contributed by atoms with Crippen molar-refractivity contribution >= 4 is 11.8 Å². The van der Waals surface area contributed by atoms with Gasteiger partial charge in [0.1, 0.15) is 12.4 Å². The predicted octanol–water partition coefficient (Wildman–Crippen LogP) is 0.378. The van der Waals surface area contributed by atoms with Crippen LogP contribution in [0.4, 0.5) is 4.39 Å². The zero-order valence-corrected chi connectivity index (χ0v) is 11.9. The molecule has 5 nitrogen and oxygen atoms in total. The zero-order valence-electron chi connectivity index (χ0n) is 11.9. The van der Waals surface area contributed by atoms with Crippen molar-refractivity contribution < 1.29 is 19.1 Å². The van der Waals surface area contributed by atoms with E-state index in [9.17, 15) is 14.0 Å². The maximum atomic E-state index is 13.8. The fourth-order valence-corrected chi connectivity index (χ4v) is 1.66. The van der Waals surface area contributed by atoms with Crippen LogP contribution < -0.4 is 5.32 Å². The largest absolute Gasteiger partial charge is 0.384 e. The van der Waals surface area contributed by atoms with Crippen molar-refractivity contribution in [3.05, 3.63) is 35.1 Å². The van der Waals surface area contributed by atoms with Crippen LogP contribution in [0.15, 0.2) is 18.2 Å². The van der Waals surface area contributed by atoms with E-state index in [1.54, 1.807) is 6.92 Å². The van der Waals surface area contributed by atoms with E-state index in [1.807, 2.05) is 0 Å². The standard InChI is InChI=1S/C15H17FN2O3/c1-3-18(10-14(20)17-2)15(21)12-9-11(5-4-8-19)6-7-13(12)16/h6-7,9,19H,3,8,10H2,1-2H3,(H,17,20). The molecule has 0 spiro atoms. The predicted molar refractivity (Wildman–Crippen MR) is 76.0 cm³/mol. The summed E-state index contributed by atoms with van der Waals surface area (Å²) in [6.07, 6.45) is 0. The quantitative estimate of drug-likeness (QED) is 0.788. The van der Waals surface area contributed by atoms with Crippen molar-refractivity contribution in [2.45, 2.75) is 6.92 Å². The molecular weight excluding hydrogens is 275 g/mol. The van der Waals surface area contributed by atoms with Crippen molar-refractivity contribution in [1.82, 2.24) is 10.2 Å². The van der Waals surface area contributed by atoms with Gasteiger partial charge >= 0.3 is 0 Å². The first-order valence-corrected chi connectivity index (χ1v) is 6.42. The number of nitrogens with zero attached hydrogens (tertiary/aromatic N) is 1. The van der Waals surface area contributed by atoms with Crippen molar-refractivity contribution in [3.63, 3.8) is 0 Å². The van der Waals surface area contributed by atoms with Crippen LogP contribution in [0.25, 0.3) is 0 Å². The summed E-state index contributed by atoms with van der Waals surface area (Å²) in [5.74, 6) is 3.45. The molecule has 0 bridgehead atoms. The molecule has 1 aromatic carbocycles. The molecule has 0 saturated heterocycles. The molecule has 0 aliphatic carbocycles. The molecule has 0 radical (unpaired) electrons. The molecule has 21 heavy (non-hydrogen) atoms. The summed E-state index contributed by atoms with van der Waals surface area (Å²) in [4.78, 5) is 24.9. The third kappa shape index (κ3) is 4.58. The van der Waals surface area contributed by atoms with Gasteiger partial charge in [0.05, 0.1) is 12.1 Å². The minimum atomic E-state index is -0.676. The third-order valence-electron chi connectivity index (χ3n) is 2.79. The number of carbonyl (C=O) groups excluding carboxylic acids is 2. The Hall–Kier alpha value is -2.39. The van der Waals surface area contributed by atoms with Gasteiger partial charge in [0.25, 0.3) is 5.91 Å². The molecule has 2 N–H and O–H groups in total. The summed E-state index contributed by atoms with van der Waals surface area (Å²) in [7, 11) is 1.46. The average Bonchev–Trinajstić information content (AvgIpc) is 2.50. The number of aliphatic hydroxyl groups is 1. The van der Waals surface area contributed by atoms with Gasteiger partial charge in [0.2, 0.25) is 5.91 Å². The van der Waals surface area contributed by atoms with Crippen LogP contribution >= 0.6 is 0 Å². The normalized spacial score (nSPS) is 9.52. The molecule has 1 rings (SSSR count). The summed E-state index contributed by atoms with van der Waals surface area (Å²) in [5.41, 5.74) is 0.273. The van der Waals surface area contributed by atoms with Gasteiger partial charge in [0.15, 0.2) is 0 Å². The van der Waals surface area contributed by atoms with Gasteiger partial charge in [-0.3, -0.25) is 9.59 Å². The highest BCUT2D eigenvalue weighted by Gasteiger charge is 2.20. The molecule has 2 amide bonds. The minimum Gasteiger partial charge on any atom is -0.384 e. The van der Waals surface area contributed by atoms with Gasteiger partial charge in [-0.15, -0.1) is 0 Å². The third-order valence-corrected chi connectivity index (χ3v) is 2.79. The Morgan fingerprint density at radius 3 is 2.71 bits per heavy atom. The van der Waals surface area contributed by atoms with Crippen LogP contribution in [-0.2, 0) is 4.79 Å². The second-order valence-corrected chi connectivity index (χ2v) is 4.15. The number of carbonyl (C=O) groups is 2. The van der Waals surface area contributed by atoms with Gasteiger partial charge in [-0.1, -0.05) is 11.8 Å². The Bertz CT molecular complexity index is 590. The monoisotopic (exact) mass is 292 g/mol. The Morgan fingerprint density at radius 2 is 2.14 bits per heavy atom. The average molecular weight is 292 g/mol. The van der Waals surface area contributed by atoms with Crippen LogP contribution in [0, 0.1) is 17.7 Å². The van der Waals surface area contributed by atoms with Crippen LogP contribution in [0.2, 0.25) is 0 Å². The highest BCUT2D eigenvalue weighted by Crippen LogP contribution is 2.13. The van der Waals surface area contributed by atoms with Crippen molar-refractivity contribution in [1.29, 1.82) is 0 Å². The second kappa shape index (κ2) is 8.02. The number of nitrogens with one attached hydrogen (secondary N) is 1. The smallest absolute Gasteiger partial charge is 0.257 e. The second-order valence-electron chi connectivity index (χ2n) is 4.15. The van der Waals surface area contributed by atoms with E-state index in [4.69, 9.17) is 5.11 Å². The molecule has 1 aromatic rings. The molecule has 0 aliphatic rings. The Kier molecular flexibility index (Phi) is 6.37. The number of hydrogen-bond acceptors (Lipinski definition) is 3. The zero-order chi connectivity index (χ0) is 15.8. The first-order chi connectivity index (χ1) is 10.0. The first kappa shape index (κ1) is 16.7. The maximum Gasteiger partial charge on any atom is 0.257 e. The Labute approximate surface area is 122 Å². The number of amides is 2. The lowest BCUT2D eigenvalue weighted by atomic mass is 10.1. The van der Waals surface area contributed by atoms with Crippen molar-refractivity contribution in [2.75, 3.05) is 26.7 Å². The summed E-state index contributed by atoms with van der Waals surface area (Å²) in [6, 6.07) is 3.87.